The largest absolute Gasteiger partial charge is 0.298 e. The average molecular weight is 180 g/mol. The van der Waals surface area contributed by atoms with Crippen LogP contribution in [-0.2, 0) is 14.9 Å². The highest BCUT2D eigenvalue weighted by molar-refractivity contribution is 7.86. The van der Waals surface area contributed by atoms with Gasteiger partial charge in [0.05, 0.1) is 0 Å². The van der Waals surface area contributed by atoms with Gasteiger partial charge in [-0.25, -0.2) is 0 Å². The average Bonchev–Trinajstić information content (AvgIpc) is 1.53. The van der Waals surface area contributed by atoms with Gasteiger partial charge in [0.25, 0.3) is 10.1 Å². The monoisotopic (exact) mass is 180 g/mol. The fraction of sp³-hybridized carbons (Fsp3) is 0.833. The molecule has 0 spiro atoms. The molecule has 0 aromatic heterocycles. The Bertz CT molecular complexity index is 227. The summed E-state index contributed by atoms with van der Waals surface area (Å²) < 4.78 is 28.6. The van der Waals surface area contributed by atoms with Crippen LogP contribution in [0.4, 0.5) is 0 Å². The molecular weight excluding hydrogens is 168 g/mol. The molecule has 0 aliphatic rings. The first kappa shape index (κ1) is 10.6. The van der Waals surface area contributed by atoms with E-state index in [0.717, 1.165) is 0 Å². The number of hydrogen-bond acceptors (Lipinski definition) is 3. The third-order valence-corrected chi connectivity index (χ3v) is 1.67. The van der Waals surface area contributed by atoms with Gasteiger partial charge in [0.2, 0.25) is 0 Å². The Labute approximate surface area is 66.4 Å². The van der Waals surface area contributed by atoms with Gasteiger partial charge in [-0.2, -0.15) is 8.42 Å². The van der Waals surface area contributed by atoms with Gasteiger partial charge in [-0.1, -0.05) is 13.8 Å². The molecule has 0 saturated carbocycles. The lowest BCUT2D eigenvalue weighted by Crippen LogP contribution is -2.16. The van der Waals surface area contributed by atoms with Crippen LogP contribution in [0.5, 0.6) is 0 Å². The number of carbonyl (C=O) groups excluding carboxylic acids is 1. The maximum atomic E-state index is 10.7. The molecule has 0 aliphatic carbocycles. The van der Waals surface area contributed by atoms with Crippen LogP contribution < -0.4 is 0 Å². The van der Waals surface area contributed by atoms with Crippen molar-refractivity contribution in [3.8, 4) is 0 Å². The molecule has 4 nitrogen and oxygen atoms in total. The first-order chi connectivity index (χ1) is 4.81. The zero-order valence-electron chi connectivity index (χ0n) is 6.57. The summed E-state index contributed by atoms with van der Waals surface area (Å²) in [6.45, 7) is 3.61. The second kappa shape index (κ2) is 3.82. The quantitative estimate of drug-likeness (QED) is 0.639. The second-order valence-electron chi connectivity index (χ2n) is 2.86. The zero-order valence-corrected chi connectivity index (χ0v) is 7.39. The van der Waals surface area contributed by atoms with Crippen LogP contribution in [0, 0.1) is 5.92 Å². The normalized spacial score (nSPS) is 12.0. The summed E-state index contributed by atoms with van der Waals surface area (Å²) in [5.74, 6) is -1.07. The van der Waals surface area contributed by atoms with Gasteiger partial charge >= 0.3 is 0 Å². The van der Waals surface area contributed by atoms with Crippen molar-refractivity contribution in [2.75, 3.05) is 5.75 Å². The standard InChI is InChI=1S/C6H12O4S/c1-5(2)3-6(7)4-11(8,9)10/h5H,3-4H2,1-2H3,(H,8,9,10). The maximum absolute atomic E-state index is 10.7. The number of rotatable bonds is 4. The molecule has 0 aliphatic heterocycles. The molecule has 5 heteroatoms. The molecule has 0 atom stereocenters. The smallest absolute Gasteiger partial charge is 0.272 e. The van der Waals surface area contributed by atoms with Crippen molar-refractivity contribution in [2.24, 2.45) is 5.92 Å². The highest BCUT2D eigenvalue weighted by Gasteiger charge is 2.13. The van der Waals surface area contributed by atoms with Gasteiger partial charge in [-0.15, -0.1) is 0 Å². The van der Waals surface area contributed by atoms with E-state index in [1.54, 1.807) is 0 Å². The SMILES string of the molecule is CC(C)CC(=O)CS(=O)(=O)O. The Morgan fingerprint density at radius 1 is 1.45 bits per heavy atom. The predicted molar refractivity (Wildman–Crippen MR) is 40.9 cm³/mol. The molecular formula is C6H12O4S. The molecule has 0 radical (unpaired) electrons. The van der Waals surface area contributed by atoms with Crippen molar-refractivity contribution in [1.82, 2.24) is 0 Å². The fourth-order valence-corrected chi connectivity index (χ4v) is 1.24. The van der Waals surface area contributed by atoms with Crippen LogP contribution in [0.25, 0.3) is 0 Å². The van der Waals surface area contributed by atoms with E-state index < -0.39 is 21.7 Å². The second-order valence-corrected chi connectivity index (χ2v) is 4.32. The molecule has 11 heavy (non-hydrogen) atoms. The van der Waals surface area contributed by atoms with E-state index in [1.807, 2.05) is 13.8 Å². The van der Waals surface area contributed by atoms with Crippen molar-refractivity contribution >= 4 is 15.9 Å². The van der Waals surface area contributed by atoms with Crippen molar-refractivity contribution in [3.05, 3.63) is 0 Å². The highest BCUT2D eigenvalue weighted by atomic mass is 32.2. The van der Waals surface area contributed by atoms with Gasteiger partial charge in [0.15, 0.2) is 5.78 Å². The van der Waals surface area contributed by atoms with E-state index in [1.165, 1.54) is 0 Å². The minimum absolute atomic E-state index is 0.129. The number of hydrogen-bond donors (Lipinski definition) is 1. The predicted octanol–water partition coefficient (Wildman–Crippen LogP) is 0.489. The van der Waals surface area contributed by atoms with Crippen LogP contribution in [0.2, 0.25) is 0 Å². The zero-order chi connectivity index (χ0) is 9.07. The summed E-state index contributed by atoms with van der Waals surface area (Å²) >= 11 is 0. The topological polar surface area (TPSA) is 71.4 Å². The van der Waals surface area contributed by atoms with Crippen molar-refractivity contribution in [2.45, 2.75) is 20.3 Å². The van der Waals surface area contributed by atoms with E-state index in [-0.39, 0.29) is 12.3 Å². The van der Waals surface area contributed by atoms with Crippen molar-refractivity contribution < 1.29 is 17.8 Å². The minimum atomic E-state index is -4.12. The summed E-state index contributed by atoms with van der Waals surface area (Å²) in [7, 11) is -4.12. The van der Waals surface area contributed by atoms with Crippen LogP contribution in [0.15, 0.2) is 0 Å². The molecule has 0 heterocycles. The Kier molecular flexibility index (Phi) is 3.68. The van der Waals surface area contributed by atoms with E-state index in [0.29, 0.717) is 0 Å². The summed E-state index contributed by atoms with van der Waals surface area (Å²) in [4.78, 5) is 10.7. The number of Topliss-reactive ketones (excluding diaryl/α,β-unsaturated/α-hetero) is 1. The van der Waals surface area contributed by atoms with Gasteiger partial charge in [0.1, 0.15) is 5.75 Å². The third-order valence-electron chi connectivity index (χ3n) is 0.979. The number of ketones is 1. The van der Waals surface area contributed by atoms with Gasteiger partial charge in [-0.05, 0) is 5.92 Å². The summed E-state index contributed by atoms with van der Waals surface area (Å²) in [5.41, 5.74) is 0. The molecule has 0 rings (SSSR count). The van der Waals surface area contributed by atoms with Crippen LogP contribution in [0.1, 0.15) is 20.3 Å². The number of carbonyl (C=O) groups is 1. The van der Waals surface area contributed by atoms with Crippen LogP contribution >= 0.6 is 0 Å². The van der Waals surface area contributed by atoms with Gasteiger partial charge in [-0.3, -0.25) is 9.35 Å². The molecule has 66 valence electrons. The first-order valence-corrected chi connectivity index (χ1v) is 4.89. The van der Waals surface area contributed by atoms with Crippen LogP contribution in [0.3, 0.4) is 0 Å². The Morgan fingerprint density at radius 3 is 2.18 bits per heavy atom. The molecule has 0 fully saturated rings. The van der Waals surface area contributed by atoms with Crippen LogP contribution in [-0.4, -0.2) is 24.5 Å². The van der Waals surface area contributed by atoms with Gasteiger partial charge in [0, 0.05) is 6.42 Å². The van der Waals surface area contributed by atoms with Crippen molar-refractivity contribution in [1.29, 1.82) is 0 Å². The highest BCUT2D eigenvalue weighted by Crippen LogP contribution is 2.01. The van der Waals surface area contributed by atoms with E-state index in [2.05, 4.69) is 0 Å². The lowest BCUT2D eigenvalue weighted by molar-refractivity contribution is -0.117. The molecule has 1 N–H and O–H groups in total. The summed E-state index contributed by atoms with van der Waals surface area (Å²) in [6, 6.07) is 0. The van der Waals surface area contributed by atoms with E-state index >= 15 is 0 Å². The van der Waals surface area contributed by atoms with Gasteiger partial charge < -0.3 is 0 Å². The molecule has 0 aromatic carbocycles. The Hall–Kier alpha value is -0.420. The Morgan fingerprint density at radius 2 is 1.91 bits per heavy atom. The van der Waals surface area contributed by atoms with E-state index in [4.69, 9.17) is 4.55 Å². The molecule has 0 saturated heterocycles. The Balaban J connectivity index is 3.91. The van der Waals surface area contributed by atoms with E-state index in [9.17, 15) is 13.2 Å². The molecule has 0 unspecified atom stereocenters. The fourth-order valence-electron chi connectivity index (χ4n) is 0.718. The third kappa shape index (κ3) is 7.48. The minimum Gasteiger partial charge on any atom is -0.298 e. The molecule has 0 bridgehead atoms. The van der Waals surface area contributed by atoms with Crippen molar-refractivity contribution in [3.63, 3.8) is 0 Å². The lowest BCUT2D eigenvalue weighted by atomic mass is 10.1. The summed E-state index contributed by atoms with van der Waals surface area (Å²) in [5, 5.41) is 0. The molecule has 0 amide bonds. The first-order valence-electron chi connectivity index (χ1n) is 3.28. The summed E-state index contributed by atoms with van der Waals surface area (Å²) in [6.07, 6.45) is 0.194. The lowest BCUT2D eigenvalue weighted by Gasteiger charge is -2.00. The molecule has 0 aromatic rings. The maximum Gasteiger partial charge on any atom is 0.272 e.